The van der Waals surface area contributed by atoms with E-state index in [4.69, 9.17) is 5.73 Å². The summed E-state index contributed by atoms with van der Waals surface area (Å²) >= 11 is 0. The Morgan fingerprint density at radius 2 is 2.12 bits per heavy atom. The molecule has 0 bridgehead atoms. The van der Waals surface area contributed by atoms with Crippen molar-refractivity contribution >= 4 is 5.91 Å². The number of carbonyl (C=O) groups excluding carboxylic acids is 1. The van der Waals surface area contributed by atoms with Gasteiger partial charge in [0.15, 0.2) is 0 Å². The molecule has 2 aromatic rings. The van der Waals surface area contributed by atoms with E-state index in [2.05, 4.69) is 5.10 Å². The van der Waals surface area contributed by atoms with E-state index < -0.39 is 5.91 Å². The van der Waals surface area contributed by atoms with Gasteiger partial charge in [0.05, 0.1) is 6.54 Å². The number of aromatic nitrogens is 2. The fourth-order valence-corrected chi connectivity index (χ4v) is 1.54. The van der Waals surface area contributed by atoms with E-state index in [-0.39, 0.29) is 0 Å². The second-order valence-corrected chi connectivity index (χ2v) is 3.69. The van der Waals surface area contributed by atoms with Gasteiger partial charge >= 0.3 is 0 Å². The van der Waals surface area contributed by atoms with Crippen LogP contribution in [0.1, 0.15) is 21.6 Å². The molecular weight excluding hydrogens is 202 g/mol. The molecule has 82 valence electrons. The van der Waals surface area contributed by atoms with Gasteiger partial charge in [-0.3, -0.25) is 9.48 Å². The van der Waals surface area contributed by atoms with Crippen molar-refractivity contribution in [2.45, 2.75) is 13.5 Å². The van der Waals surface area contributed by atoms with Crippen molar-refractivity contribution < 1.29 is 4.79 Å². The molecule has 2 N–H and O–H groups in total. The normalized spacial score (nSPS) is 10.3. The van der Waals surface area contributed by atoms with Crippen molar-refractivity contribution in [1.29, 1.82) is 0 Å². The SMILES string of the molecule is Cc1ccccc1Cn1ccc(C(N)=O)n1. The molecule has 0 aliphatic heterocycles. The van der Waals surface area contributed by atoms with Gasteiger partial charge in [-0.05, 0) is 24.1 Å². The second-order valence-electron chi connectivity index (χ2n) is 3.69. The van der Waals surface area contributed by atoms with Gasteiger partial charge in [0.2, 0.25) is 0 Å². The molecule has 1 aromatic heterocycles. The van der Waals surface area contributed by atoms with Crippen molar-refractivity contribution in [2.24, 2.45) is 5.73 Å². The molecule has 1 amide bonds. The highest BCUT2D eigenvalue weighted by Crippen LogP contribution is 2.08. The van der Waals surface area contributed by atoms with Crippen molar-refractivity contribution in [2.75, 3.05) is 0 Å². The molecule has 0 aliphatic carbocycles. The monoisotopic (exact) mass is 215 g/mol. The molecule has 0 saturated carbocycles. The average molecular weight is 215 g/mol. The Hall–Kier alpha value is -2.10. The lowest BCUT2D eigenvalue weighted by Crippen LogP contribution is -2.12. The Morgan fingerprint density at radius 1 is 1.38 bits per heavy atom. The van der Waals surface area contributed by atoms with Crippen LogP contribution in [0.4, 0.5) is 0 Å². The maximum atomic E-state index is 10.9. The van der Waals surface area contributed by atoms with Gasteiger partial charge in [0, 0.05) is 6.20 Å². The smallest absolute Gasteiger partial charge is 0.269 e. The minimum atomic E-state index is -0.497. The van der Waals surface area contributed by atoms with Crippen LogP contribution in [0.15, 0.2) is 36.5 Å². The lowest BCUT2D eigenvalue weighted by molar-refractivity contribution is 0.0995. The Kier molecular flexibility index (Phi) is 2.72. The van der Waals surface area contributed by atoms with Gasteiger partial charge in [-0.2, -0.15) is 5.10 Å². The molecule has 1 aromatic carbocycles. The molecule has 4 heteroatoms. The largest absolute Gasteiger partial charge is 0.364 e. The van der Waals surface area contributed by atoms with E-state index in [9.17, 15) is 4.79 Å². The van der Waals surface area contributed by atoms with Gasteiger partial charge in [-0.15, -0.1) is 0 Å². The summed E-state index contributed by atoms with van der Waals surface area (Å²) in [5.41, 5.74) is 7.82. The topological polar surface area (TPSA) is 60.9 Å². The molecule has 0 aliphatic rings. The summed E-state index contributed by atoms with van der Waals surface area (Å²) in [6.07, 6.45) is 1.76. The zero-order valence-corrected chi connectivity index (χ0v) is 9.05. The van der Waals surface area contributed by atoms with Crippen LogP contribution >= 0.6 is 0 Å². The lowest BCUT2D eigenvalue weighted by Gasteiger charge is -2.05. The zero-order valence-electron chi connectivity index (χ0n) is 9.05. The van der Waals surface area contributed by atoms with Gasteiger partial charge in [-0.1, -0.05) is 24.3 Å². The summed E-state index contributed by atoms with van der Waals surface area (Å²) in [5, 5.41) is 4.09. The summed E-state index contributed by atoms with van der Waals surface area (Å²) in [4.78, 5) is 10.9. The molecule has 16 heavy (non-hydrogen) atoms. The van der Waals surface area contributed by atoms with E-state index in [1.54, 1.807) is 16.9 Å². The summed E-state index contributed by atoms with van der Waals surface area (Å²) in [6.45, 7) is 2.70. The third-order valence-corrected chi connectivity index (χ3v) is 2.49. The van der Waals surface area contributed by atoms with Gasteiger partial charge in [0.1, 0.15) is 5.69 Å². The summed E-state index contributed by atoms with van der Waals surface area (Å²) in [6, 6.07) is 9.70. The van der Waals surface area contributed by atoms with E-state index in [1.165, 1.54) is 11.1 Å². The first-order valence-electron chi connectivity index (χ1n) is 5.04. The molecule has 0 fully saturated rings. The Labute approximate surface area is 93.7 Å². The highest BCUT2D eigenvalue weighted by atomic mass is 16.1. The number of nitrogens with zero attached hydrogens (tertiary/aromatic N) is 2. The van der Waals surface area contributed by atoms with Gasteiger partial charge in [-0.25, -0.2) is 0 Å². The molecule has 2 rings (SSSR count). The van der Waals surface area contributed by atoms with Crippen LogP contribution in [-0.2, 0) is 6.54 Å². The van der Waals surface area contributed by atoms with E-state index >= 15 is 0 Å². The molecule has 4 nitrogen and oxygen atoms in total. The predicted octanol–water partition coefficient (Wildman–Crippen LogP) is 1.34. The maximum Gasteiger partial charge on any atom is 0.269 e. The van der Waals surface area contributed by atoms with Crippen LogP contribution in [0.25, 0.3) is 0 Å². The summed E-state index contributed by atoms with van der Waals surface area (Å²) < 4.78 is 1.71. The number of hydrogen-bond acceptors (Lipinski definition) is 2. The standard InChI is InChI=1S/C12H13N3O/c1-9-4-2-3-5-10(9)8-15-7-6-11(14-15)12(13)16/h2-7H,8H2,1H3,(H2,13,16). The molecule has 1 heterocycles. The Bertz CT molecular complexity index is 516. The average Bonchev–Trinajstić information content (AvgIpc) is 2.70. The Balaban J connectivity index is 2.21. The van der Waals surface area contributed by atoms with Crippen LogP contribution in [0.2, 0.25) is 0 Å². The van der Waals surface area contributed by atoms with Crippen molar-refractivity contribution in [1.82, 2.24) is 9.78 Å². The summed E-state index contributed by atoms with van der Waals surface area (Å²) in [5.74, 6) is -0.497. The molecule has 0 radical (unpaired) electrons. The second kappa shape index (κ2) is 4.18. The van der Waals surface area contributed by atoms with Gasteiger partial charge in [0.25, 0.3) is 5.91 Å². The van der Waals surface area contributed by atoms with Gasteiger partial charge < -0.3 is 5.73 Å². The minimum absolute atomic E-state index is 0.300. The quantitative estimate of drug-likeness (QED) is 0.839. The van der Waals surface area contributed by atoms with Crippen LogP contribution in [0, 0.1) is 6.92 Å². The van der Waals surface area contributed by atoms with Crippen LogP contribution in [0.3, 0.4) is 0 Å². The fourth-order valence-electron chi connectivity index (χ4n) is 1.54. The Morgan fingerprint density at radius 3 is 2.75 bits per heavy atom. The van der Waals surface area contributed by atoms with Crippen LogP contribution in [-0.4, -0.2) is 15.7 Å². The number of nitrogens with two attached hydrogens (primary N) is 1. The van der Waals surface area contributed by atoms with Crippen LogP contribution in [0.5, 0.6) is 0 Å². The predicted molar refractivity (Wildman–Crippen MR) is 61.0 cm³/mol. The van der Waals surface area contributed by atoms with E-state index in [0.29, 0.717) is 12.2 Å². The number of benzene rings is 1. The number of carbonyl (C=O) groups is 1. The van der Waals surface area contributed by atoms with E-state index in [1.807, 2.05) is 31.2 Å². The van der Waals surface area contributed by atoms with Crippen molar-refractivity contribution in [3.63, 3.8) is 0 Å². The van der Waals surface area contributed by atoms with Crippen molar-refractivity contribution in [3.05, 3.63) is 53.3 Å². The number of rotatable bonds is 3. The minimum Gasteiger partial charge on any atom is -0.364 e. The third kappa shape index (κ3) is 2.11. The van der Waals surface area contributed by atoms with Crippen molar-refractivity contribution in [3.8, 4) is 0 Å². The number of primary amides is 1. The number of hydrogen-bond donors (Lipinski definition) is 1. The molecule has 0 atom stereocenters. The molecule has 0 unspecified atom stereocenters. The van der Waals surface area contributed by atoms with Crippen LogP contribution < -0.4 is 5.73 Å². The summed E-state index contributed by atoms with van der Waals surface area (Å²) in [7, 11) is 0. The highest BCUT2D eigenvalue weighted by molar-refractivity contribution is 5.90. The van der Waals surface area contributed by atoms with E-state index in [0.717, 1.165) is 0 Å². The molecule has 0 saturated heterocycles. The third-order valence-electron chi connectivity index (χ3n) is 2.49. The first-order chi connectivity index (χ1) is 7.66. The molecule has 0 spiro atoms. The highest BCUT2D eigenvalue weighted by Gasteiger charge is 2.05. The molecular formula is C12H13N3O. The lowest BCUT2D eigenvalue weighted by atomic mass is 10.1. The first-order valence-corrected chi connectivity index (χ1v) is 5.04. The number of amides is 1. The first kappa shape index (κ1) is 10.4. The fraction of sp³-hybridized carbons (Fsp3) is 0.167. The number of aryl methyl sites for hydroxylation is 1. The zero-order chi connectivity index (χ0) is 11.5. The maximum absolute atomic E-state index is 10.9.